The van der Waals surface area contributed by atoms with Crippen LogP contribution in [0.4, 0.5) is 0 Å². The molecule has 1 N–H and O–H groups in total. The normalized spacial score (nSPS) is 15.7. The van der Waals surface area contributed by atoms with Gasteiger partial charge in [0.15, 0.2) is 5.78 Å². The minimum Gasteiger partial charge on any atom is -0.464 e. The Hall–Kier alpha value is -1.50. The third kappa shape index (κ3) is 26.9. The molecule has 1 fully saturated rings. The van der Waals surface area contributed by atoms with Crippen LogP contribution in [0.15, 0.2) is 24.3 Å². The fourth-order valence-corrected chi connectivity index (χ4v) is 6.92. The van der Waals surface area contributed by atoms with Gasteiger partial charge in [-0.25, -0.2) is 0 Å². The van der Waals surface area contributed by atoms with E-state index in [0.717, 1.165) is 38.8 Å². The number of esters is 1. The third-order valence-corrected chi connectivity index (χ3v) is 10.0. The number of rotatable bonds is 36. The van der Waals surface area contributed by atoms with Crippen LogP contribution in [-0.2, 0) is 14.3 Å². The van der Waals surface area contributed by atoms with Gasteiger partial charge in [-0.05, 0) is 64.2 Å². The zero-order valence-corrected chi connectivity index (χ0v) is 32.5. The summed E-state index contributed by atoms with van der Waals surface area (Å²) in [6, 6.07) is 0. The number of hydrogen-bond donors (Lipinski definition) is 1. The lowest BCUT2D eigenvalue weighted by atomic mass is 10.1. The van der Waals surface area contributed by atoms with Gasteiger partial charge < -0.3 is 9.84 Å². The van der Waals surface area contributed by atoms with E-state index in [1.807, 2.05) is 0 Å². The molecule has 0 aromatic rings. The molecule has 1 aliphatic heterocycles. The molecule has 0 saturated carbocycles. The Balaban J connectivity index is 2.09. The molecule has 0 radical (unpaired) electrons. The first-order valence-corrected chi connectivity index (χ1v) is 21.2. The summed E-state index contributed by atoms with van der Waals surface area (Å²) in [5, 5.41) is 9.56. The lowest BCUT2D eigenvalue weighted by Gasteiger charge is -2.28. The standard InChI is InChI=1S/C43H80N2O4/c1-3-5-7-9-11-13-15-17-19-21-23-25-27-29-31-33-41(47)43-44(37-39-46)35-36-45(43)38-40-49-42(48)34-32-30-28-26-24-22-20-18-16-14-12-10-8-6-4-2/h17-20,43,46H,3-16,21-40H2,1-2H3. The van der Waals surface area contributed by atoms with Crippen molar-refractivity contribution in [3.05, 3.63) is 24.3 Å². The fourth-order valence-electron chi connectivity index (χ4n) is 6.92. The van der Waals surface area contributed by atoms with Gasteiger partial charge in [-0.15, -0.1) is 0 Å². The Bertz CT molecular complexity index is 814. The topological polar surface area (TPSA) is 70.1 Å². The second-order valence-electron chi connectivity index (χ2n) is 14.5. The van der Waals surface area contributed by atoms with Gasteiger partial charge in [-0.1, -0.05) is 141 Å². The van der Waals surface area contributed by atoms with Gasteiger partial charge in [0.1, 0.15) is 12.8 Å². The zero-order chi connectivity index (χ0) is 35.5. The molecule has 0 aromatic heterocycles. The highest BCUT2D eigenvalue weighted by molar-refractivity contribution is 5.83. The molecule has 1 rings (SSSR count). The number of nitrogens with zero attached hydrogens (tertiary/aromatic N) is 2. The second kappa shape index (κ2) is 34.9. The smallest absolute Gasteiger partial charge is 0.305 e. The number of β-amino-alcohol motifs (C(OH)–C–C–N with tert-alkyl or cyclic N) is 1. The largest absolute Gasteiger partial charge is 0.464 e. The number of carbonyl (C=O) groups is 2. The van der Waals surface area contributed by atoms with E-state index in [9.17, 15) is 14.7 Å². The van der Waals surface area contributed by atoms with Crippen molar-refractivity contribution >= 4 is 11.8 Å². The Morgan fingerprint density at radius 1 is 0.551 bits per heavy atom. The maximum atomic E-state index is 13.3. The molecule has 0 aromatic carbocycles. The van der Waals surface area contributed by atoms with E-state index in [2.05, 4.69) is 48.0 Å². The van der Waals surface area contributed by atoms with Crippen molar-refractivity contribution in [2.75, 3.05) is 39.4 Å². The first-order valence-electron chi connectivity index (χ1n) is 21.2. The summed E-state index contributed by atoms with van der Waals surface area (Å²) < 4.78 is 5.56. The lowest BCUT2D eigenvalue weighted by Crippen LogP contribution is -2.47. The molecule has 1 heterocycles. The van der Waals surface area contributed by atoms with Crippen LogP contribution >= 0.6 is 0 Å². The number of aliphatic hydroxyl groups excluding tert-OH is 1. The van der Waals surface area contributed by atoms with Gasteiger partial charge >= 0.3 is 5.97 Å². The van der Waals surface area contributed by atoms with Crippen LogP contribution < -0.4 is 0 Å². The molecule has 1 atom stereocenters. The average Bonchev–Trinajstić information content (AvgIpc) is 3.50. The number of ether oxygens (including phenoxy) is 1. The number of allylic oxidation sites excluding steroid dienone is 4. The highest BCUT2D eigenvalue weighted by Crippen LogP contribution is 2.19. The van der Waals surface area contributed by atoms with E-state index >= 15 is 0 Å². The number of ketones is 1. The molecule has 286 valence electrons. The van der Waals surface area contributed by atoms with Crippen LogP contribution in [0.5, 0.6) is 0 Å². The number of hydrogen-bond acceptors (Lipinski definition) is 6. The van der Waals surface area contributed by atoms with Crippen molar-refractivity contribution in [2.45, 2.75) is 200 Å². The quantitative estimate of drug-likeness (QED) is 0.0401. The van der Waals surface area contributed by atoms with Crippen LogP contribution in [-0.4, -0.2) is 72.2 Å². The number of unbranched alkanes of at least 4 members (excludes halogenated alkanes) is 22. The van der Waals surface area contributed by atoms with Crippen LogP contribution in [0.2, 0.25) is 0 Å². The zero-order valence-electron chi connectivity index (χ0n) is 32.5. The summed E-state index contributed by atoms with van der Waals surface area (Å²) in [5.74, 6) is 0.114. The first kappa shape index (κ1) is 45.5. The van der Waals surface area contributed by atoms with Crippen molar-refractivity contribution in [3.8, 4) is 0 Å². The van der Waals surface area contributed by atoms with Gasteiger partial charge in [0.2, 0.25) is 0 Å². The fraction of sp³-hybridized carbons (Fsp3) is 0.860. The van der Waals surface area contributed by atoms with Crippen LogP contribution in [0.3, 0.4) is 0 Å². The number of carbonyl (C=O) groups excluding carboxylic acids is 2. The van der Waals surface area contributed by atoms with Crippen molar-refractivity contribution in [1.29, 1.82) is 0 Å². The van der Waals surface area contributed by atoms with Crippen molar-refractivity contribution < 1.29 is 19.4 Å². The Morgan fingerprint density at radius 2 is 0.939 bits per heavy atom. The molecule has 0 amide bonds. The molecule has 1 unspecified atom stereocenters. The van der Waals surface area contributed by atoms with Gasteiger partial charge in [-0.3, -0.25) is 19.4 Å². The average molecular weight is 689 g/mol. The van der Waals surface area contributed by atoms with E-state index in [1.54, 1.807) is 0 Å². The summed E-state index contributed by atoms with van der Waals surface area (Å²) in [7, 11) is 0. The Morgan fingerprint density at radius 3 is 1.39 bits per heavy atom. The Kier molecular flexibility index (Phi) is 32.4. The summed E-state index contributed by atoms with van der Waals surface area (Å²) in [6.07, 6.45) is 42.6. The van der Waals surface area contributed by atoms with E-state index in [-0.39, 0.29) is 24.5 Å². The van der Waals surface area contributed by atoms with Crippen LogP contribution in [0.25, 0.3) is 0 Å². The summed E-state index contributed by atoms with van der Waals surface area (Å²) >= 11 is 0. The van der Waals surface area contributed by atoms with E-state index in [0.29, 0.717) is 32.5 Å². The maximum Gasteiger partial charge on any atom is 0.305 e. The Labute approximate surface area is 303 Å². The van der Waals surface area contributed by atoms with E-state index in [4.69, 9.17) is 4.74 Å². The SMILES string of the molecule is CCCCCCCCC=CCCCCCCCC(=O)OCCN1CCN(CCO)C1C(=O)CCCCCCCC=CCCCCCCCC. The summed E-state index contributed by atoms with van der Waals surface area (Å²) in [5.41, 5.74) is 0. The van der Waals surface area contributed by atoms with Crippen molar-refractivity contribution in [1.82, 2.24) is 9.80 Å². The molecule has 6 heteroatoms. The first-order chi connectivity index (χ1) is 24.1. The minimum atomic E-state index is -0.298. The third-order valence-electron chi connectivity index (χ3n) is 10.0. The van der Waals surface area contributed by atoms with Gasteiger partial charge in [0, 0.05) is 39.0 Å². The molecule has 0 bridgehead atoms. The molecule has 0 spiro atoms. The highest BCUT2D eigenvalue weighted by Gasteiger charge is 2.36. The molecular formula is C43H80N2O4. The van der Waals surface area contributed by atoms with Crippen molar-refractivity contribution in [2.24, 2.45) is 0 Å². The molecule has 6 nitrogen and oxygen atoms in total. The maximum absolute atomic E-state index is 13.3. The molecule has 49 heavy (non-hydrogen) atoms. The van der Waals surface area contributed by atoms with Gasteiger partial charge in [-0.2, -0.15) is 0 Å². The highest BCUT2D eigenvalue weighted by atomic mass is 16.5. The lowest BCUT2D eigenvalue weighted by molar-refractivity contribution is -0.144. The minimum absolute atomic E-state index is 0.0516. The second-order valence-corrected chi connectivity index (χ2v) is 14.5. The van der Waals surface area contributed by atoms with E-state index in [1.165, 1.54) is 141 Å². The monoisotopic (exact) mass is 689 g/mol. The predicted molar refractivity (Wildman–Crippen MR) is 209 cm³/mol. The number of aliphatic hydroxyl groups is 1. The molecular weight excluding hydrogens is 608 g/mol. The molecule has 0 aliphatic carbocycles. The summed E-state index contributed by atoms with van der Waals surface area (Å²) in [4.78, 5) is 29.8. The number of Topliss-reactive ketones (excluding diaryl/α,β-unsaturated/α-hetero) is 1. The van der Waals surface area contributed by atoms with E-state index < -0.39 is 0 Å². The van der Waals surface area contributed by atoms with Gasteiger partial charge in [0.25, 0.3) is 0 Å². The summed E-state index contributed by atoms with van der Waals surface area (Å²) in [6.45, 7) is 7.54. The van der Waals surface area contributed by atoms with Gasteiger partial charge in [0.05, 0.1) is 6.61 Å². The van der Waals surface area contributed by atoms with Crippen LogP contribution in [0, 0.1) is 0 Å². The predicted octanol–water partition coefficient (Wildman–Crippen LogP) is 11.1. The molecule has 1 saturated heterocycles. The molecule has 1 aliphatic rings. The van der Waals surface area contributed by atoms with Crippen LogP contribution in [0.1, 0.15) is 194 Å². The van der Waals surface area contributed by atoms with Crippen molar-refractivity contribution in [3.63, 3.8) is 0 Å².